The van der Waals surface area contributed by atoms with Crippen LogP contribution in [0.25, 0.3) is 0 Å². The van der Waals surface area contributed by atoms with E-state index in [1.807, 2.05) is 54.6 Å². The second-order valence-electron chi connectivity index (χ2n) is 6.69. The first kappa shape index (κ1) is 20.4. The molecule has 0 spiro atoms. The van der Waals surface area contributed by atoms with Crippen LogP contribution in [0.2, 0.25) is 0 Å². The first-order chi connectivity index (χ1) is 13.8. The molecule has 3 rings (SSSR count). The van der Waals surface area contributed by atoms with E-state index in [4.69, 9.17) is 23.7 Å². The maximum Gasteiger partial charge on any atom is 0.118 e. The number of benzene rings is 2. The minimum Gasteiger partial charge on any atom is -0.497 e. The molecule has 0 radical (unpaired) electrons. The zero-order chi connectivity index (χ0) is 19.6. The molecule has 0 saturated heterocycles. The molecule has 1 aliphatic rings. The van der Waals surface area contributed by atoms with E-state index in [1.54, 1.807) is 14.2 Å². The molecule has 0 bridgehead atoms. The van der Waals surface area contributed by atoms with Crippen LogP contribution in [0.3, 0.4) is 0 Å². The summed E-state index contributed by atoms with van der Waals surface area (Å²) in [7, 11) is 3.33. The molecule has 0 saturated carbocycles. The minimum atomic E-state index is -0.000819. The Balaban J connectivity index is 1.42. The summed E-state index contributed by atoms with van der Waals surface area (Å²) in [6, 6.07) is 15.8. The fourth-order valence-corrected chi connectivity index (χ4v) is 3.04. The Labute approximate surface area is 166 Å². The highest BCUT2D eigenvalue weighted by atomic mass is 16.5. The monoisotopic (exact) mass is 384 g/mol. The van der Waals surface area contributed by atoms with Gasteiger partial charge in [-0.25, -0.2) is 0 Å². The molecule has 0 aromatic heterocycles. The molecule has 5 heteroatoms. The molecule has 5 nitrogen and oxygen atoms in total. The number of rotatable bonds is 10. The summed E-state index contributed by atoms with van der Waals surface area (Å²) >= 11 is 0. The maximum atomic E-state index is 5.91. The lowest BCUT2D eigenvalue weighted by atomic mass is 10.0. The zero-order valence-corrected chi connectivity index (χ0v) is 16.5. The second kappa shape index (κ2) is 10.9. The Morgan fingerprint density at radius 1 is 0.786 bits per heavy atom. The van der Waals surface area contributed by atoms with Crippen molar-refractivity contribution in [3.05, 3.63) is 71.8 Å². The van der Waals surface area contributed by atoms with Crippen molar-refractivity contribution in [2.75, 3.05) is 34.0 Å². The number of hydrogen-bond donors (Lipinski definition) is 0. The summed E-state index contributed by atoms with van der Waals surface area (Å²) in [5.41, 5.74) is 2.23. The summed E-state index contributed by atoms with van der Waals surface area (Å²) in [4.78, 5) is 0. The Hall–Kier alpha value is -2.34. The van der Waals surface area contributed by atoms with Gasteiger partial charge >= 0.3 is 0 Å². The summed E-state index contributed by atoms with van der Waals surface area (Å²) in [6.45, 7) is 2.86. The van der Waals surface area contributed by atoms with Crippen molar-refractivity contribution in [2.45, 2.75) is 19.3 Å². The van der Waals surface area contributed by atoms with Crippen LogP contribution in [0.1, 0.15) is 11.1 Å². The van der Waals surface area contributed by atoms with Crippen molar-refractivity contribution in [3.63, 3.8) is 0 Å². The summed E-state index contributed by atoms with van der Waals surface area (Å²) in [6.07, 6.45) is 4.21. The smallest absolute Gasteiger partial charge is 0.118 e. The van der Waals surface area contributed by atoms with Crippen molar-refractivity contribution in [3.8, 4) is 11.5 Å². The van der Waals surface area contributed by atoms with Crippen molar-refractivity contribution < 1.29 is 23.7 Å². The van der Waals surface area contributed by atoms with Gasteiger partial charge in [-0.2, -0.15) is 0 Å². The van der Waals surface area contributed by atoms with Crippen molar-refractivity contribution >= 4 is 0 Å². The molecule has 0 amide bonds. The van der Waals surface area contributed by atoms with E-state index in [0.717, 1.165) is 22.6 Å². The standard InChI is InChI=1S/C23H28O5/c1-24-21-9-5-18(6-10-21)14-26-16-20-4-3-13-28-23(20)17-27-15-19-7-11-22(25-2)12-8-19/h3-12,20,23H,13-17H2,1-2H3/t20-,23-/m0/s1. The quantitative estimate of drug-likeness (QED) is 0.579. The molecule has 0 aliphatic carbocycles. The molecular weight excluding hydrogens is 356 g/mol. The van der Waals surface area contributed by atoms with Crippen molar-refractivity contribution in [1.29, 1.82) is 0 Å². The van der Waals surface area contributed by atoms with Gasteiger partial charge in [0.1, 0.15) is 11.5 Å². The lowest BCUT2D eigenvalue weighted by Gasteiger charge is -2.27. The fourth-order valence-electron chi connectivity index (χ4n) is 3.04. The molecular formula is C23H28O5. The van der Waals surface area contributed by atoms with Gasteiger partial charge in [-0.1, -0.05) is 36.4 Å². The molecule has 150 valence electrons. The molecule has 2 aromatic rings. The van der Waals surface area contributed by atoms with Gasteiger partial charge in [0, 0.05) is 5.92 Å². The van der Waals surface area contributed by atoms with E-state index in [9.17, 15) is 0 Å². The summed E-state index contributed by atoms with van der Waals surface area (Å²) < 4.78 is 28.0. The van der Waals surface area contributed by atoms with Crippen LogP contribution in [0.5, 0.6) is 11.5 Å². The van der Waals surface area contributed by atoms with E-state index in [1.165, 1.54) is 0 Å². The molecule has 0 N–H and O–H groups in total. The Kier molecular flexibility index (Phi) is 7.91. The average molecular weight is 384 g/mol. The Bertz CT molecular complexity index is 724. The molecule has 1 heterocycles. The first-order valence-electron chi connectivity index (χ1n) is 9.48. The van der Waals surface area contributed by atoms with E-state index in [-0.39, 0.29) is 12.0 Å². The Morgan fingerprint density at radius 3 is 1.86 bits per heavy atom. The maximum absolute atomic E-state index is 5.91. The van der Waals surface area contributed by atoms with Crippen molar-refractivity contribution in [1.82, 2.24) is 0 Å². The van der Waals surface area contributed by atoms with Crippen LogP contribution in [0.15, 0.2) is 60.7 Å². The van der Waals surface area contributed by atoms with Crippen LogP contribution >= 0.6 is 0 Å². The topological polar surface area (TPSA) is 46.2 Å². The molecule has 28 heavy (non-hydrogen) atoms. The highest BCUT2D eigenvalue weighted by Crippen LogP contribution is 2.19. The normalized spacial score (nSPS) is 18.8. The molecule has 0 fully saturated rings. The van der Waals surface area contributed by atoms with Crippen LogP contribution in [0, 0.1) is 5.92 Å². The fraction of sp³-hybridized carbons (Fsp3) is 0.391. The average Bonchev–Trinajstić information content (AvgIpc) is 2.76. The van der Waals surface area contributed by atoms with E-state index in [2.05, 4.69) is 6.08 Å². The van der Waals surface area contributed by atoms with Crippen LogP contribution < -0.4 is 9.47 Å². The van der Waals surface area contributed by atoms with Gasteiger partial charge < -0.3 is 23.7 Å². The highest BCUT2D eigenvalue weighted by molar-refractivity contribution is 5.27. The van der Waals surface area contributed by atoms with Crippen molar-refractivity contribution in [2.24, 2.45) is 5.92 Å². The van der Waals surface area contributed by atoms with Crippen LogP contribution in [0.4, 0.5) is 0 Å². The molecule has 0 unspecified atom stereocenters. The van der Waals surface area contributed by atoms with Crippen LogP contribution in [-0.4, -0.2) is 40.1 Å². The number of hydrogen-bond acceptors (Lipinski definition) is 5. The minimum absolute atomic E-state index is 0.000819. The van der Waals surface area contributed by atoms with Gasteiger partial charge in [0.15, 0.2) is 0 Å². The van der Waals surface area contributed by atoms with Gasteiger partial charge in [-0.15, -0.1) is 0 Å². The number of ether oxygens (including phenoxy) is 5. The summed E-state index contributed by atoms with van der Waals surface area (Å²) in [5, 5.41) is 0. The van der Waals surface area contributed by atoms with Gasteiger partial charge in [0.05, 0.1) is 53.4 Å². The molecule has 2 aromatic carbocycles. The van der Waals surface area contributed by atoms with E-state index in [0.29, 0.717) is 33.0 Å². The van der Waals surface area contributed by atoms with Gasteiger partial charge in [0.2, 0.25) is 0 Å². The molecule has 1 aliphatic heterocycles. The highest BCUT2D eigenvalue weighted by Gasteiger charge is 2.23. The third-order valence-corrected chi connectivity index (χ3v) is 4.72. The predicted octanol–water partition coefficient (Wildman–Crippen LogP) is 4.01. The molecule has 2 atom stereocenters. The number of methoxy groups -OCH3 is 2. The second-order valence-corrected chi connectivity index (χ2v) is 6.69. The van der Waals surface area contributed by atoms with E-state index >= 15 is 0 Å². The third kappa shape index (κ3) is 6.09. The third-order valence-electron chi connectivity index (χ3n) is 4.72. The lowest BCUT2D eigenvalue weighted by Crippen LogP contribution is -2.33. The predicted molar refractivity (Wildman–Crippen MR) is 108 cm³/mol. The van der Waals surface area contributed by atoms with Gasteiger partial charge in [0.25, 0.3) is 0 Å². The van der Waals surface area contributed by atoms with Crippen LogP contribution in [-0.2, 0) is 27.4 Å². The largest absolute Gasteiger partial charge is 0.497 e. The first-order valence-corrected chi connectivity index (χ1v) is 9.48. The Morgan fingerprint density at radius 2 is 1.32 bits per heavy atom. The lowest BCUT2D eigenvalue weighted by molar-refractivity contribution is -0.0578. The zero-order valence-electron chi connectivity index (χ0n) is 16.5. The SMILES string of the molecule is COc1ccc(COC[C@@H]2OCC=C[C@H]2COCc2ccc(OC)cc2)cc1. The van der Waals surface area contributed by atoms with Gasteiger partial charge in [-0.3, -0.25) is 0 Å². The summed E-state index contributed by atoms with van der Waals surface area (Å²) in [5.74, 6) is 1.88. The van der Waals surface area contributed by atoms with Gasteiger partial charge in [-0.05, 0) is 35.4 Å². The van der Waals surface area contributed by atoms with E-state index < -0.39 is 0 Å².